The molecule has 2 saturated heterocycles. The van der Waals surface area contributed by atoms with E-state index in [0.29, 0.717) is 17.9 Å². The van der Waals surface area contributed by atoms with E-state index in [-0.39, 0.29) is 17.9 Å². The predicted molar refractivity (Wildman–Crippen MR) is 112 cm³/mol. The smallest absolute Gasteiger partial charge is 0.225 e. The highest BCUT2D eigenvalue weighted by atomic mass is 16.2. The minimum Gasteiger partial charge on any atom is -0.352 e. The fourth-order valence-electron chi connectivity index (χ4n) is 5.57. The highest BCUT2D eigenvalue weighted by molar-refractivity contribution is 5.81. The molecule has 2 amide bonds. The number of rotatable bonds is 4. The van der Waals surface area contributed by atoms with Gasteiger partial charge in [0, 0.05) is 37.6 Å². The van der Waals surface area contributed by atoms with E-state index in [0.717, 1.165) is 77.5 Å². The molecule has 2 aliphatic carbocycles. The van der Waals surface area contributed by atoms with Crippen LogP contribution < -0.4 is 5.32 Å². The van der Waals surface area contributed by atoms with Gasteiger partial charge in [0.15, 0.2) is 0 Å². The van der Waals surface area contributed by atoms with Gasteiger partial charge in [-0.3, -0.25) is 14.5 Å². The summed E-state index contributed by atoms with van der Waals surface area (Å²) in [6, 6.07) is 9.34. The molecule has 0 aromatic heterocycles. The maximum absolute atomic E-state index is 13.0. The van der Waals surface area contributed by atoms with Crippen LogP contribution in [-0.2, 0) is 22.4 Å². The van der Waals surface area contributed by atoms with Crippen LogP contribution in [0.25, 0.3) is 0 Å². The van der Waals surface area contributed by atoms with E-state index in [9.17, 15) is 9.59 Å². The van der Waals surface area contributed by atoms with Crippen LogP contribution in [0.1, 0.15) is 49.7 Å². The summed E-state index contributed by atoms with van der Waals surface area (Å²) in [6.07, 6.45) is 8.33. The standard InChI is InChI=1S/C24H33N3O2/c28-23(25-21-14-18-4-1-2-5-19(18)15-21)20-6-3-11-27(16-20)22-9-12-26(13-10-22)24(29)17-7-8-17/h1-2,4-5,17,20-22H,3,6-16H2,(H,25,28)/t20-/m1/s1. The third-order valence-electron chi connectivity index (χ3n) is 7.44. The summed E-state index contributed by atoms with van der Waals surface area (Å²) < 4.78 is 0. The Hall–Kier alpha value is -1.88. The number of hydrogen-bond donors (Lipinski definition) is 1. The molecule has 2 aliphatic heterocycles. The highest BCUT2D eigenvalue weighted by Gasteiger charge is 2.37. The molecule has 3 fully saturated rings. The Bertz CT molecular complexity index is 742. The summed E-state index contributed by atoms with van der Waals surface area (Å²) in [5, 5.41) is 3.34. The van der Waals surface area contributed by atoms with Crippen LogP contribution in [0, 0.1) is 11.8 Å². The van der Waals surface area contributed by atoms with Crippen molar-refractivity contribution in [2.45, 2.75) is 63.5 Å². The second kappa shape index (κ2) is 8.10. The lowest BCUT2D eigenvalue weighted by atomic mass is 9.93. The zero-order valence-corrected chi connectivity index (χ0v) is 17.3. The van der Waals surface area contributed by atoms with Gasteiger partial charge in [0.2, 0.25) is 11.8 Å². The van der Waals surface area contributed by atoms with Gasteiger partial charge in [-0.15, -0.1) is 0 Å². The molecule has 156 valence electrons. The van der Waals surface area contributed by atoms with Crippen molar-refractivity contribution in [3.05, 3.63) is 35.4 Å². The molecular weight excluding hydrogens is 362 g/mol. The molecule has 1 saturated carbocycles. The molecule has 0 spiro atoms. The molecule has 0 radical (unpaired) electrons. The summed E-state index contributed by atoms with van der Waals surface area (Å²) in [6.45, 7) is 3.77. The van der Waals surface area contributed by atoms with Crippen LogP contribution in [0.5, 0.6) is 0 Å². The van der Waals surface area contributed by atoms with Crippen molar-refractivity contribution >= 4 is 11.8 Å². The number of nitrogens with one attached hydrogen (secondary N) is 1. The van der Waals surface area contributed by atoms with E-state index in [1.54, 1.807) is 0 Å². The van der Waals surface area contributed by atoms with Gasteiger partial charge in [-0.05, 0) is 69.0 Å². The lowest BCUT2D eigenvalue weighted by molar-refractivity contribution is -0.134. The normalized spacial score (nSPS) is 26.3. The molecule has 5 rings (SSSR count). The zero-order chi connectivity index (χ0) is 19.8. The van der Waals surface area contributed by atoms with Gasteiger partial charge < -0.3 is 10.2 Å². The van der Waals surface area contributed by atoms with Gasteiger partial charge in [0.1, 0.15) is 0 Å². The van der Waals surface area contributed by atoms with E-state index in [4.69, 9.17) is 0 Å². The maximum Gasteiger partial charge on any atom is 0.225 e. The molecule has 1 N–H and O–H groups in total. The van der Waals surface area contributed by atoms with Crippen molar-refractivity contribution < 1.29 is 9.59 Å². The maximum atomic E-state index is 13.0. The molecule has 5 heteroatoms. The number of hydrogen-bond acceptors (Lipinski definition) is 3. The van der Waals surface area contributed by atoms with Crippen LogP contribution in [0.3, 0.4) is 0 Å². The number of likely N-dealkylation sites (tertiary alicyclic amines) is 2. The van der Waals surface area contributed by atoms with Crippen LogP contribution in [0.4, 0.5) is 0 Å². The predicted octanol–water partition coefficient (Wildman–Crippen LogP) is 2.38. The third kappa shape index (κ3) is 4.20. The fourth-order valence-corrected chi connectivity index (χ4v) is 5.57. The number of fused-ring (bicyclic) bond motifs is 1. The topological polar surface area (TPSA) is 52.7 Å². The van der Waals surface area contributed by atoms with Crippen LogP contribution >= 0.6 is 0 Å². The number of piperidine rings is 2. The Labute approximate surface area is 173 Å². The second-order valence-electron chi connectivity index (χ2n) is 9.55. The Balaban J connectivity index is 1.11. The molecular formula is C24H33N3O2. The van der Waals surface area contributed by atoms with Crippen molar-refractivity contribution in [1.29, 1.82) is 0 Å². The minimum absolute atomic E-state index is 0.110. The number of amides is 2. The fraction of sp³-hybridized carbons (Fsp3) is 0.667. The molecule has 1 atom stereocenters. The van der Waals surface area contributed by atoms with E-state index >= 15 is 0 Å². The Kier molecular flexibility index (Phi) is 5.33. The van der Waals surface area contributed by atoms with E-state index in [1.807, 2.05) is 0 Å². The molecule has 5 nitrogen and oxygen atoms in total. The summed E-state index contributed by atoms with van der Waals surface area (Å²) >= 11 is 0. The second-order valence-corrected chi connectivity index (χ2v) is 9.55. The van der Waals surface area contributed by atoms with Gasteiger partial charge >= 0.3 is 0 Å². The molecule has 1 aromatic carbocycles. The summed E-state index contributed by atoms with van der Waals surface area (Å²) in [5.74, 6) is 1.07. The van der Waals surface area contributed by atoms with Crippen molar-refractivity contribution in [2.24, 2.45) is 11.8 Å². The van der Waals surface area contributed by atoms with Gasteiger partial charge in [0.05, 0.1) is 5.92 Å². The Morgan fingerprint density at radius 3 is 2.21 bits per heavy atom. The first-order valence-electron chi connectivity index (χ1n) is 11.6. The summed E-state index contributed by atoms with van der Waals surface area (Å²) in [4.78, 5) is 29.9. The van der Waals surface area contributed by atoms with E-state index < -0.39 is 0 Å². The van der Waals surface area contributed by atoms with Crippen molar-refractivity contribution in [1.82, 2.24) is 15.1 Å². The minimum atomic E-state index is 0.110. The summed E-state index contributed by atoms with van der Waals surface area (Å²) in [5.41, 5.74) is 2.77. The van der Waals surface area contributed by atoms with Gasteiger partial charge in [-0.2, -0.15) is 0 Å². The van der Waals surface area contributed by atoms with Gasteiger partial charge in [-0.1, -0.05) is 24.3 Å². The lowest BCUT2D eigenvalue weighted by Crippen LogP contribution is -2.52. The lowest BCUT2D eigenvalue weighted by Gasteiger charge is -2.42. The first-order valence-corrected chi connectivity index (χ1v) is 11.6. The number of nitrogens with zero attached hydrogens (tertiary/aromatic N) is 2. The average Bonchev–Trinajstić information content (AvgIpc) is 3.53. The molecule has 29 heavy (non-hydrogen) atoms. The monoisotopic (exact) mass is 395 g/mol. The first kappa shape index (κ1) is 19.1. The molecule has 1 aromatic rings. The van der Waals surface area contributed by atoms with Crippen LogP contribution in [-0.4, -0.2) is 59.9 Å². The average molecular weight is 396 g/mol. The van der Waals surface area contributed by atoms with Crippen molar-refractivity contribution in [3.8, 4) is 0 Å². The Morgan fingerprint density at radius 1 is 0.862 bits per heavy atom. The van der Waals surface area contributed by atoms with Gasteiger partial charge in [0.25, 0.3) is 0 Å². The van der Waals surface area contributed by atoms with Crippen LogP contribution in [0.15, 0.2) is 24.3 Å². The van der Waals surface area contributed by atoms with E-state index in [1.165, 1.54) is 11.1 Å². The van der Waals surface area contributed by atoms with Crippen molar-refractivity contribution in [3.63, 3.8) is 0 Å². The number of carbonyl (C=O) groups is 2. The van der Waals surface area contributed by atoms with E-state index in [2.05, 4.69) is 39.4 Å². The SMILES string of the molecule is O=C(NC1Cc2ccccc2C1)[C@@H]1CCCN(C2CCN(C(=O)C3CC3)CC2)C1. The summed E-state index contributed by atoms with van der Waals surface area (Å²) in [7, 11) is 0. The third-order valence-corrected chi connectivity index (χ3v) is 7.44. The molecule has 4 aliphatic rings. The van der Waals surface area contributed by atoms with Crippen molar-refractivity contribution in [2.75, 3.05) is 26.2 Å². The Morgan fingerprint density at radius 2 is 1.55 bits per heavy atom. The molecule has 0 bridgehead atoms. The number of carbonyl (C=O) groups excluding carboxylic acids is 2. The quantitative estimate of drug-likeness (QED) is 0.852. The number of benzene rings is 1. The molecule has 0 unspecified atom stereocenters. The van der Waals surface area contributed by atoms with Crippen LogP contribution in [0.2, 0.25) is 0 Å². The molecule has 2 heterocycles. The largest absolute Gasteiger partial charge is 0.352 e. The highest BCUT2D eigenvalue weighted by Crippen LogP contribution is 2.33. The first-order chi connectivity index (χ1) is 14.2. The zero-order valence-electron chi connectivity index (χ0n) is 17.3. The van der Waals surface area contributed by atoms with Gasteiger partial charge in [-0.25, -0.2) is 0 Å².